The Hall–Kier alpha value is -0.810. The molecule has 0 fully saturated rings. The molecule has 0 saturated heterocycles. The number of ketones is 1. The normalized spacial score (nSPS) is 14.3. The predicted octanol–water partition coefficient (Wildman–Crippen LogP) is 1.88. The number of aliphatic hydroxyl groups excluding tert-OH is 1. The van der Waals surface area contributed by atoms with E-state index in [0.29, 0.717) is 12.2 Å². The van der Waals surface area contributed by atoms with E-state index in [-0.39, 0.29) is 18.1 Å². The maximum Gasteiger partial charge on any atom is 0.223 e. The number of carbonyl (C=O) groups is 2. The second kappa shape index (κ2) is 11.1. The van der Waals surface area contributed by atoms with Crippen LogP contribution < -0.4 is 5.32 Å². The van der Waals surface area contributed by atoms with Crippen LogP contribution in [0.15, 0.2) is 12.2 Å². The molecular weight excluding hydrogens is 262 g/mol. The summed E-state index contributed by atoms with van der Waals surface area (Å²) in [6.07, 6.45) is 5.86. The number of carbonyl (C=O) groups excluding carboxylic acids is 2. The second-order valence-corrected chi connectivity index (χ2v) is 5.03. The van der Waals surface area contributed by atoms with Gasteiger partial charge in [-0.05, 0) is 25.5 Å². The minimum Gasteiger partial charge on any atom is -0.389 e. The molecule has 1 unspecified atom stereocenters. The number of aliphatic hydroxyl groups is 1. The van der Waals surface area contributed by atoms with Crippen LogP contribution >= 0.6 is 12.6 Å². The number of thiol groups is 1. The molecule has 0 heterocycles. The molecule has 2 atom stereocenters. The van der Waals surface area contributed by atoms with Crippen LogP contribution in [0, 0.1) is 0 Å². The third-order valence-electron chi connectivity index (χ3n) is 2.72. The van der Waals surface area contributed by atoms with Gasteiger partial charge in [0.25, 0.3) is 0 Å². The van der Waals surface area contributed by atoms with Gasteiger partial charge in [0.2, 0.25) is 5.91 Å². The molecule has 5 heteroatoms. The summed E-state index contributed by atoms with van der Waals surface area (Å²) in [6.45, 7) is 3.51. The fourth-order valence-electron chi connectivity index (χ4n) is 1.62. The first kappa shape index (κ1) is 18.2. The van der Waals surface area contributed by atoms with Gasteiger partial charge in [0.15, 0.2) is 5.78 Å². The highest BCUT2D eigenvalue weighted by Gasteiger charge is 2.17. The SMILES string of the molecule is CCCC[C@H](NC(=O)CC(O)/C=C/CCS)C(C)=O. The lowest BCUT2D eigenvalue weighted by Crippen LogP contribution is -2.40. The number of nitrogens with one attached hydrogen (secondary N) is 1. The summed E-state index contributed by atoms with van der Waals surface area (Å²) in [6, 6.07) is -0.430. The van der Waals surface area contributed by atoms with Crippen LogP contribution in [0.3, 0.4) is 0 Å². The molecule has 0 spiro atoms. The Morgan fingerprint density at radius 3 is 2.63 bits per heavy atom. The Kier molecular flexibility index (Phi) is 10.6. The zero-order valence-corrected chi connectivity index (χ0v) is 12.7. The van der Waals surface area contributed by atoms with Crippen LogP contribution in [0.4, 0.5) is 0 Å². The summed E-state index contributed by atoms with van der Waals surface area (Å²) in [7, 11) is 0. The van der Waals surface area contributed by atoms with E-state index in [4.69, 9.17) is 0 Å². The molecule has 0 aromatic heterocycles. The van der Waals surface area contributed by atoms with Crippen LogP contribution in [0.1, 0.15) is 46.0 Å². The molecule has 0 aromatic rings. The van der Waals surface area contributed by atoms with Crippen molar-refractivity contribution in [2.75, 3.05) is 5.75 Å². The van der Waals surface area contributed by atoms with Crippen molar-refractivity contribution in [3.63, 3.8) is 0 Å². The van der Waals surface area contributed by atoms with Crippen molar-refractivity contribution in [2.45, 2.75) is 58.1 Å². The van der Waals surface area contributed by atoms with Gasteiger partial charge in [0, 0.05) is 0 Å². The monoisotopic (exact) mass is 287 g/mol. The third kappa shape index (κ3) is 9.73. The standard InChI is InChI=1S/C14H25NO3S/c1-3-4-8-13(11(2)16)15-14(18)10-12(17)7-5-6-9-19/h5,7,12-13,17,19H,3-4,6,8-10H2,1-2H3,(H,15,18)/b7-5+/t12?,13-/m0/s1. The van der Waals surface area contributed by atoms with Gasteiger partial charge in [-0.15, -0.1) is 0 Å². The quantitative estimate of drug-likeness (QED) is 0.424. The van der Waals surface area contributed by atoms with Crippen LogP contribution in [0.5, 0.6) is 0 Å². The molecule has 0 radical (unpaired) electrons. The largest absolute Gasteiger partial charge is 0.389 e. The molecule has 0 bridgehead atoms. The number of allylic oxidation sites excluding steroid dienone is 1. The lowest BCUT2D eigenvalue weighted by Gasteiger charge is -2.16. The number of hydrogen-bond donors (Lipinski definition) is 3. The molecule has 0 aliphatic heterocycles. The summed E-state index contributed by atoms with van der Waals surface area (Å²) in [5.74, 6) is 0.375. The Morgan fingerprint density at radius 2 is 2.11 bits per heavy atom. The number of amides is 1. The van der Waals surface area contributed by atoms with Crippen molar-refractivity contribution in [1.82, 2.24) is 5.32 Å². The summed E-state index contributed by atoms with van der Waals surface area (Å²) >= 11 is 4.04. The maximum atomic E-state index is 11.7. The molecule has 19 heavy (non-hydrogen) atoms. The van der Waals surface area contributed by atoms with Crippen molar-refractivity contribution in [2.24, 2.45) is 0 Å². The van der Waals surface area contributed by atoms with Crippen molar-refractivity contribution in [3.8, 4) is 0 Å². The van der Waals surface area contributed by atoms with E-state index in [9.17, 15) is 14.7 Å². The number of hydrogen-bond acceptors (Lipinski definition) is 4. The fraction of sp³-hybridized carbons (Fsp3) is 0.714. The van der Waals surface area contributed by atoms with Gasteiger partial charge < -0.3 is 10.4 Å². The van der Waals surface area contributed by atoms with Crippen LogP contribution in [0.25, 0.3) is 0 Å². The topological polar surface area (TPSA) is 66.4 Å². The third-order valence-corrected chi connectivity index (χ3v) is 2.98. The van der Waals surface area contributed by atoms with E-state index in [1.54, 1.807) is 12.2 Å². The van der Waals surface area contributed by atoms with Crippen molar-refractivity contribution < 1.29 is 14.7 Å². The summed E-state index contributed by atoms with van der Waals surface area (Å²) in [5, 5.41) is 12.3. The van der Waals surface area contributed by atoms with Gasteiger partial charge >= 0.3 is 0 Å². The molecule has 1 amide bonds. The summed E-state index contributed by atoms with van der Waals surface area (Å²) in [4.78, 5) is 23.1. The van der Waals surface area contributed by atoms with E-state index in [2.05, 4.69) is 17.9 Å². The lowest BCUT2D eigenvalue weighted by molar-refractivity contribution is -0.128. The molecule has 4 nitrogen and oxygen atoms in total. The van der Waals surface area contributed by atoms with Gasteiger partial charge in [-0.2, -0.15) is 12.6 Å². The first-order chi connectivity index (χ1) is 9.01. The lowest BCUT2D eigenvalue weighted by atomic mass is 10.1. The van der Waals surface area contributed by atoms with Crippen molar-refractivity contribution in [1.29, 1.82) is 0 Å². The molecule has 110 valence electrons. The van der Waals surface area contributed by atoms with Crippen molar-refractivity contribution >= 4 is 24.3 Å². The highest BCUT2D eigenvalue weighted by molar-refractivity contribution is 7.80. The van der Waals surface area contributed by atoms with Gasteiger partial charge in [-0.1, -0.05) is 31.9 Å². The Labute approximate surface area is 121 Å². The fourth-order valence-corrected chi connectivity index (χ4v) is 1.77. The maximum absolute atomic E-state index is 11.7. The van der Waals surface area contributed by atoms with Crippen LogP contribution in [0.2, 0.25) is 0 Å². The average Bonchev–Trinajstić information content (AvgIpc) is 2.34. The molecule has 2 N–H and O–H groups in total. The summed E-state index contributed by atoms with van der Waals surface area (Å²) < 4.78 is 0. The van der Waals surface area contributed by atoms with Gasteiger partial charge in [-0.3, -0.25) is 9.59 Å². The number of Topliss-reactive ketones (excluding diaryl/α,β-unsaturated/α-hetero) is 1. The summed E-state index contributed by atoms with van der Waals surface area (Å²) in [5.41, 5.74) is 0. The highest BCUT2D eigenvalue weighted by Crippen LogP contribution is 2.03. The Morgan fingerprint density at radius 1 is 1.42 bits per heavy atom. The molecule has 0 aliphatic rings. The predicted molar refractivity (Wildman–Crippen MR) is 80.4 cm³/mol. The van der Waals surface area contributed by atoms with Gasteiger partial charge in [0.1, 0.15) is 0 Å². The zero-order chi connectivity index (χ0) is 14.7. The highest BCUT2D eigenvalue weighted by atomic mass is 32.1. The minimum atomic E-state index is -0.807. The first-order valence-corrected chi connectivity index (χ1v) is 7.39. The first-order valence-electron chi connectivity index (χ1n) is 6.76. The van der Waals surface area contributed by atoms with Crippen LogP contribution in [-0.2, 0) is 9.59 Å². The molecule has 0 rings (SSSR count). The smallest absolute Gasteiger partial charge is 0.223 e. The second-order valence-electron chi connectivity index (χ2n) is 4.58. The average molecular weight is 287 g/mol. The van der Waals surface area contributed by atoms with Gasteiger partial charge in [0.05, 0.1) is 18.6 Å². The van der Waals surface area contributed by atoms with E-state index < -0.39 is 12.1 Å². The van der Waals surface area contributed by atoms with E-state index in [0.717, 1.165) is 19.3 Å². The van der Waals surface area contributed by atoms with Crippen molar-refractivity contribution in [3.05, 3.63) is 12.2 Å². The molecule has 0 aromatic carbocycles. The minimum absolute atomic E-state index is 0.0149. The van der Waals surface area contributed by atoms with E-state index in [1.807, 2.05) is 6.92 Å². The van der Waals surface area contributed by atoms with E-state index >= 15 is 0 Å². The molecular formula is C14H25NO3S. The number of unbranched alkanes of at least 4 members (excludes halogenated alkanes) is 1. The van der Waals surface area contributed by atoms with Gasteiger partial charge in [-0.25, -0.2) is 0 Å². The zero-order valence-electron chi connectivity index (χ0n) is 11.8. The molecule has 0 aliphatic carbocycles. The number of rotatable bonds is 10. The van der Waals surface area contributed by atoms with Crippen LogP contribution in [-0.4, -0.2) is 34.7 Å². The van der Waals surface area contributed by atoms with E-state index in [1.165, 1.54) is 6.92 Å². The Bertz CT molecular complexity index is 305. The molecule has 0 saturated carbocycles. The Balaban J connectivity index is 4.14.